The van der Waals surface area contributed by atoms with Gasteiger partial charge in [0.15, 0.2) is 0 Å². The summed E-state index contributed by atoms with van der Waals surface area (Å²) < 4.78 is 0. The van der Waals surface area contributed by atoms with E-state index in [0.29, 0.717) is 4.88 Å². The van der Waals surface area contributed by atoms with E-state index in [1.165, 1.54) is 12.1 Å². The van der Waals surface area contributed by atoms with Crippen LogP contribution >= 0.6 is 11.3 Å². The van der Waals surface area contributed by atoms with Gasteiger partial charge in [0.25, 0.3) is 5.91 Å². The van der Waals surface area contributed by atoms with Crippen molar-refractivity contribution >= 4 is 29.1 Å². The van der Waals surface area contributed by atoms with Gasteiger partial charge in [0.1, 0.15) is 4.88 Å². The van der Waals surface area contributed by atoms with Crippen molar-refractivity contribution < 1.29 is 19.5 Å². The number of aromatic carboxylic acids is 1. The molecule has 7 heteroatoms. The van der Waals surface area contributed by atoms with E-state index in [4.69, 9.17) is 5.11 Å². The number of hydrogen-bond donors (Lipinski definition) is 3. The Morgan fingerprint density at radius 1 is 1.26 bits per heavy atom. The second kappa shape index (κ2) is 6.89. The topological polar surface area (TPSA) is 95.5 Å². The van der Waals surface area contributed by atoms with E-state index in [1.807, 2.05) is 13.8 Å². The Labute approximate surface area is 114 Å². The van der Waals surface area contributed by atoms with Gasteiger partial charge in [0.05, 0.1) is 4.88 Å². The first kappa shape index (κ1) is 15.2. The van der Waals surface area contributed by atoms with Crippen LogP contribution in [0.1, 0.15) is 39.6 Å². The van der Waals surface area contributed by atoms with Crippen molar-refractivity contribution in [1.82, 2.24) is 10.6 Å². The lowest BCUT2D eigenvalue weighted by Crippen LogP contribution is -2.33. The van der Waals surface area contributed by atoms with Crippen molar-refractivity contribution in [2.75, 3.05) is 6.54 Å². The Balaban J connectivity index is 2.39. The molecule has 0 radical (unpaired) electrons. The Hall–Kier alpha value is -1.89. The molecule has 0 aromatic carbocycles. The molecule has 0 atom stereocenters. The van der Waals surface area contributed by atoms with Crippen molar-refractivity contribution in [1.29, 1.82) is 0 Å². The monoisotopic (exact) mass is 284 g/mol. The summed E-state index contributed by atoms with van der Waals surface area (Å²) >= 11 is 0.906. The molecule has 1 rings (SSSR count). The summed E-state index contributed by atoms with van der Waals surface area (Å²) in [6.07, 6.45) is 0.196. The van der Waals surface area contributed by atoms with Gasteiger partial charge in [0, 0.05) is 19.0 Å². The molecule has 0 aliphatic carbocycles. The fourth-order valence-electron chi connectivity index (χ4n) is 1.35. The van der Waals surface area contributed by atoms with Crippen LogP contribution in [-0.4, -0.2) is 35.5 Å². The second-order valence-electron chi connectivity index (χ2n) is 4.20. The fourth-order valence-corrected chi connectivity index (χ4v) is 2.11. The molecule has 2 amide bonds. The normalized spacial score (nSPS) is 10.3. The lowest BCUT2D eigenvalue weighted by Gasteiger charge is -2.08. The highest BCUT2D eigenvalue weighted by Crippen LogP contribution is 2.15. The Kier molecular flexibility index (Phi) is 5.50. The summed E-state index contributed by atoms with van der Waals surface area (Å²) in [5, 5.41) is 14.0. The van der Waals surface area contributed by atoms with Gasteiger partial charge in [-0.3, -0.25) is 9.59 Å². The number of rotatable bonds is 6. The molecule has 0 fully saturated rings. The highest BCUT2D eigenvalue weighted by Gasteiger charge is 2.12. The zero-order valence-electron chi connectivity index (χ0n) is 10.7. The SMILES string of the molecule is CC(C)NC(=O)CCNC(=O)c1ccc(C(=O)O)s1. The van der Waals surface area contributed by atoms with Crippen molar-refractivity contribution in [2.24, 2.45) is 0 Å². The third-order valence-corrected chi connectivity index (χ3v) is 3.20. The van der Waals surface area contributed by atoms with Gasteiger partial charge < -0.3 is 15.7 Å². The molecule has 0 bridgehead atoms. The van der Waals surface area contributed by atoms with Gasteiger partial charge in [-0.2, -0.15) is 0 Å². The van der Waals surface area contributed by atoms with E-state index >= 15 is 0 Å². The molecule has 1 aromatic heterocycles. The average molecular weight is 284 g/mol. The summed E-state index contributed by atoms with van der Waals surface area (Å²) in [5.74, 6) is -1.55. The minimum atomic E-state index is -1.06. The van der Waals surface area contributed by atoms with Crippen LogP contribution in [0, 0.1) is 0 Å². The van der Waals surface area contributed by atoms with Crippen molar-refractivity contribution in [3.63, 3.8) is 0 Å². The van der Waals surface area contributed by atoms with Gasteiger partial charge in [-0.1, -0.05) is 0 Å². The van der Waals surface area contributed by atoms with Crippen LogP contribution in [0.15, 0.2) is 12.1 Å². The van der Waals surface area contributed by atoms with Crippen molar-refractivity contribution in [2.45, 2.75) is 26.3 Å². The molecule has 104 valence electrons. The zero-order valence-corrected chi connectivity index (χ0v) is 11.5. The highest BCUT2D eigenvalue weighted by atomic mass is 32.1. The standard InChI is InChI=1S/C12H16N2O4S/c1-7(2)14-10(15)5-6-13-11(16)8-3-4-9(19-8)12(17)18/h3-4,7H,5-6H2,1-2H3,(H,13,16)(H,14,15)(H,17,18). The third-order valence-electron chi connectivity index (χ3n) is 2.13. The Morgan fingerprint density at radius 2 is 1.89 bits per heavy atom. The highest BCUT2D eigenvalue weighted by molar-refractivity contribution is 7.15. The molecular weight excluding hydrogens is 268 g/mol. The van der Waals surface area contributed by atoms with Crippen LogP contribution < -0.4 is 10.6 Å². The lowest BCUT2D eigenvalue weighted by atomic mass is 10.3. The first-order valence-electron chi connectivity index (χ1n) is 5.81. The molecule has 19 heavy (non-hydrogen) atoms. The van der Waals surface area contributed by atoms with Gasteiger partial charge >= 0.3 is 5.97 Å². The van der Waals surface area contributed by atoms with Crippen molar-refractivity contribution in [3.05, 3.63) is 21.9 Å². The lowest BCUT2D eigenvalue weighted by molar-refractivity contribution is -0.121. The molecule has 0 saturated carbocycles. The van der Waals surface area contributed by atoms with Gasteiger partial charge in [0.2, 0.25) is 5.91 Å². The van der Waals surface area contributed by atoms with Crippen LogP contribution in [0.25, 0.3) is 0 Å². The fraction of sp³-hybridized carbons (Fsp3) is 0.417. The minimum absolute atomic E-state index is 0.0682. The molecule has 0 aliphatic rings. The number of carbonyl (C=O) groups excluding carboxylic acids is 2. The van der Waals surface area contributed by atoms with Gasteiger partial charge in [-0.15, -0.1) is 11.3 Å². The number of carbonyl (C=O) groups is 3. The quantitative estimate of drug-likeness (QED) is 0.728. The Bertz CT molecular complexity index is 482. The summed E-state index contributed by atoms with van der Waals surface area (Å²) in [4.78, 5) is 34.1. The molecule has 1 heterocycles. The van der Waals surface area contributed by atoms with Crippen LogP contribution in [0.5, 0.6) is 0 Å². The molecule has 0 unspecified atom stereocenters. The Morgan fingerprint density at radius 3 is 2.42 bits per heavy atom. The number of amides is 2. The van der Waals surface area contributed by atoms with E-state index in [9.17, 15) is 14.4 Å². The van der Waals surface area contributed by atoms with E-state index in [0.717, 1.165) is 11.3 Å². The summed E-state index contributed by atoms with van der Waals surface area (Å²) in [6.45, 7) is 3.93. The average Bonchev–Trinajstić information content (AvgIpc) is 2.76. The number of carboxylic acids is 1. The van der Waals surface area contributed by atoms with E-state index < -0.39 is 5.97 Å². The molecule has 0 aliphatic heterocycles. The van der Waals surface area contributed by atoms with Crippen LogP contribution in [0.2, 0.25) is 0 Å². The largest absolute Gasteiger partial charge is 0.477 e. The number of nitrogens with one attached hydrogen (secondary N) is 2. The van der Waals surface area contributed by atoms with Crippen molar-refractivity contribution in [3.8, 4) is 0 Å². The first-order valence-corrected chi connectivity index (χ1v) is 6.62. The third kappa shape index (κ3) is 5.09. The molecule has 6 nitrogen and oxygen atoms in total. The number of thiophene rings is 1. The number of carboxylic acid groups (broad SMARTS) is 1. The summed E-state index contributed by atoms with van der Waals surface area (Å²) in [6, 6.07) is 2.91. The van der Waals surface area contributed by atoms with Gasteiger partial charge in [-0.25, -0.2) is 4.79 Å². The molecular formula is C12H16N2O4S. The van der Waals surface area contributed by atoms with Crippen LogP contribution in [0.3, 0.4) is 0 Å². The van der Waals surface area contributed by atoms with E-state index in [1.54, 1.807) is 0 Å². The number of hydrogen-bond acceptors (Lipinski definition) is 4. The summed E-state index contributed by atoms with van der Waals surface area (Å²) in [7, 11) is 0. The minimum Gasteiger partial charge on any atom is -0.477 e. The predicted molar refractivity (Wildman–Crippen MR) is 71.5 cm³/mol. The molecule has 0 spiro atoms. The predicted octanol–water partition coefficient (Wildman–Crippen LogP) is 1.09. The second-order valence-corrected chi connectivity index (χ2v) is 5.28. The maximum atomic E-state index is 11.7. The maximum Gasteiger partial charge on any atom is 0.345 e. The molecule has 3 N–H and O–H groups in total. The zero-order chi connectivity index (χ0) is 14.4. The van der Waals surface area contributed by atoms with E-state index in [2.05, 4.69) is 10.6 Å². The summed E-state index contributed by atoms with van der Waals surface area (Å²) in [5.41, 5.74) is 0. The van der Waals surface area contributed by atoms with Gasteiger partial charge in [-0.05, 0) is 26.0 Å². The van der Waals surface area contributed by atoms with Crippen LogP contribution in [-0.2, 0) is 4.79 Å². The molecule has 0 saturated heterocycles. The first-order chi connectivity index (χ1) is 8.90. The smallest absolute Gasteiger partial charge is 0.345 e. The maximum absolute atomic E-state index is 11.7. The molecule has 1 aromatic rings. The van der Waals surface area contributed by atoms with E-state index in [-0.39, 0.29) is 35.7 Å². The van der Waals surface area contributed by atoms with Crippen LogP contribution in [0.4, 0.5) is 0 Å².